The second-order valence-corrected chi connectivity index (χ2v) is 6.29. The number of benzene rings is 1. The minimum Gasteiger partial charge on any atom is -0.497 e. The highest BCUT2D eigenvalue weighted by atomic mass is 32.2. The standard InChI is InChI=1S/C13H19NO5S/c1-17-11-4-5-12(18-2)13(10-11)20(15,16)14-6-3-8-19-9-7-14/h4-5,10H,3,6-9H2,1-2H3. The second-order valence-electron chi connectivity index (χ2n) is 4.39. The highest BCUT2D eigenvalue weighted by molar-refractivity contribution is 7.89. The number of sulfonamides is 1. The lowest BCUT2D eigenvalue weighted by Gasteiger charge is -2.21. The predicted molar refractivity (Wildman–Crippen MR) is 73.7 cm³/mol. The molecule has 1 aliphatic rings. The summed E-state index contributed by atoms with van der Waals surface area (Å²) in [5.74, 6) is 0.798. The minimum absolute atomic E-state index is 0.126. The lowest BCUT2D eigenvalue weighted by atomic mass is 10.3. The second kappa shape index (κ2) is 6.43. The molecule has 0 aliphatic carbocycles. The Morgan fingerprint density at radius 3 is 2.65 bits per heavy atom. The Morgan fingerprint density at radius 1 is 1.15 bits per heavy atom. The van der Waals surface area contributed by atoms with E-state index in [1.165, 1.54) is 24.6 Å². The van der Waals surface area contributed by atoms with Gasteiger partial charge in [0.25, 0.3) is 0 Å². The quantitative estimate of drug-likeness (QED) is 0.833. The third-order valence-electron chi connectivity index (χ3n) is 3.17. The molecule has 0 saturated carbocycles. The van der Waals surface area contributed by atoms with E-state index in [9.17, 15) is 8.42 Å². The van der Waals surface area contributed by atoms with Crippen LogP contribution < -0.4 is 9.47 Å². The molecule has 1 aromatic carbocycles. The van der Waals surface area contributed by atoms with E-state index in [1.807, 2.05) is 0 Å². The van der Waals surface area contributed by atoms with Crippen molar-refractivity contribution in [1.82, 2.24) is 4.31 Å². The Labute approximate surface area is 119 Å². The molecular weight excluding hydrogens is 282 g/mol. The van der Waals surface area contributed by atoms with E-state index in [-0.39, 0.29) is 4.90 Å². The molecule has 1 fully saturated rings. The molecule has 1 aromatic rings. The maximum Gasteiger partial charge on any atom is 0.246 e. The molecule has 1 aliphatic heterocycles. The Balaban J connectivity index is 2.41. The van der Waals surface area contributed by atoms with Crippen LogP contribution in [0.4, 0.5) is 0 Å². The summed E-state index contributed by atoms with van der Waals surface area (Å²) in [5, 5.41) is 0. The van der Waals surface area contributed by atoms with Gasteiger partial charge in [0.15, 0.2) is 0 Å². The summed E-state index contributed by atoms with van der Waals surface area (Å²) in [6.07, 6.45) is 0.686. The third-order valence-corrected chi connectivity index (χ3v) is 5.09. The molecule has 1 saturated heterocycles. The summed E-state index contributed by atoms with van der Waals surface area (Å²) in [7, 11) is -0.664. The average molecular weight is 301 g/mol. The molecular formula is C13H19NO5S. The molecule has 0 atom stereocenters. The first kappa shape index (κ1) is 15.1. The SMILES string of the molecule is COc1ccc(OC)c(S(=O)(=O)N2CCCOCC2)c1. The van der Waals surface area contributed by atoms with Crippen molar-refractivity contribution in [2.75, 3.05) is 40.5 Å². The van der Waals surface area contributed by atoms with Crippen molar-refractivity contribution < 1.29 is 22.6 Å². The van der Waals surface area contributed by atoms with Crippen molar-refractivity contribution in [3.63, 3.8) is 0 Å². The number of nitrogens with zero attached hydrogens (tertiary/aromatic N) is 1. The summed E-state index contributed by atoms with van der Waals surface area (Å²) < 4.78 is 42.4. The summed E-state index contributed by atoms with van der Waals surface area (Å²) in [6.45, 7) is 1.79. The van der Waals surface area contributed by atoms with Crippen LogP contribution in [0.3, 0.4) is 0 Å². The van der Waals surface area contributed by atoms with Crippen LogP contribution in [0.1, 0.15) is 6.42 Å². The smallest absolute Gasteiger partial charge is 0.246 e. The normalized spacial score (nSPS) is 17.5. The highest BCUT2D eigenvalue weighted by Gasteiger charge is 2.28. The van der Waals surface area contributed by atoms with Crippen LogP contribution in [0.2, 0.25) is 0 Å². The van der Waals surface area contributed by atoms with Gasteiger partial charge in [-0.2, -0.15) is 4.31 Å². The Hall–Kier alpha value is -1.31. The summed E-state index contributed by atoms with van der Waals surface area (Å²) in [5.41, 5.74) is 0. The van der Waals surface area contributed by atoms with E-state index in [0.717, 1.165) is 0 Å². The van der Waals surface area contributed by atoms with Crippen molar-refractivity contribution in [3.8, 4) is 11.5 Å². The van der Waals surface area contributed by atoms with E-state index in [2.05, 4.69) is 0 Å². The fourth-order valence-corrected chi connectivity index (χ4v) is 3.72. The minimum atomic E-state index is -3.61. The predicted octanol–water partition coefficient (Wildman–Crippen LogP) is 1.11. The zero-order valence-electron chi connectivity index (χ0n) is 11.7. The van der Waals surface area contributed by atoms with Crippen LogP contribution in [-0.2, 0) is 14.8 Å². The van der Waals surface area contributed by atoms with Gasteiger partial charge in [0.05, 0.1) is 20.8 Å². The Kier molecular flexibility index (Phi) is 4.85. The van der Waals surface area contributed by atoms with Crippen molar-refractivity contribution in [3.05, 3.63) is 18.2 Å². The van der Waals surface area contributed by atoms with E-state index in [1.54, 1.807) is 12.1 Å². The van der Waals surface area contributed by atoms with Gasteiger partial charge in [-0.05, 0) is 18.6 Å². The summed E-state index contributed by atoms with van der Waals surface area (Å²) in [6, 6.07) is 4.75. The molecule has 6 nitrogen and oxygen atoms in total. The first-order chi connectivity index (χ1) is 9.59. The van der Waals surface area contributed by atoms with Crippen LogP contribution in [0, 0.1) is 0 Å². The molecule has 20 heavy (non-hydrogen) atoms. The van der Waals surface area contributed by atoms with Crippen molar-refractivity contribution in [2.45, 2.75) is 11.3 Å². The van der Waals surface area contributed by atoms with Gasteiger partial charge in [-0.15, -0.1) is 0 Å². The van der Waals surface area contributed by atoms with Crippen LogP contribution in [0.5, 0.6) is 11.5 Å². The van der Waals surface area contributed by atoms with Crippen LogP contribution in [0.15, 0.2) is 23.1 Å². The lowest BCUT2D eigenvalue weighted by molar-refractivity contribution is 0.148. The zero-order valence-corrected chi connectivity index (χ0v) is 12.5. The number of ether oxygens (including phenoxy) is 3. The van der Waals surface area contributed by atoms with E-state index in [0.29, 0.717) is 44.2 Å². The fraction of sp³-hybridized carbons (Fsp3) is 0.538. The lowest BCUT2D eigenvalue weighted by Crippen LogP contribution is -2.33. The molecule has 1 heterocycles. The topological polar surface area (TPSA) is 65.1 Å². The van der Waals surface area contributed by atoms with Crippen LogP contribution in [0.25, 0.3) is 0 Å². The molecule has 0 bridgehead atoms. The van der Waals surface area contributed by atoms with Gasteiger partial charge < -0.3 is 14.2 Å². The molecule has 0 spiro atoms. The molecule has 0 unspecified atom stereocenters. The van der Waals surface area contributed by atoms with Gasteiger partial charge in [-0.1, -0.05) is 0 Å². The van der Waals surface area contributed by atoms with Gasteiger partial charge in [-0.3, -0.25) is 0 Å². The van der Waals surface area contributed by atoms with Crippen molar-refractivity contribution >= 4 is 10.0 Å². The first-order valence-corrected chi connectivity index (χ1v) is 7.83. The zero-order chi connectivity index (χ0) is 14.6. The van der Waals surface area contributed by atoms with Crippen LogP contribution >= 0.6 is 0 Å². The monoisotopic (exact) mass is 301 g/mol. The van der Waals surface area contributed by atoms with Gasteiger partial charge in [0.1, 0.15) is 16.4 Å². The molecule has 0 radical (unpaired) electrons. The fourth-order valence-electron chi connectivity index (χ4n) is 2.09. The Morgan fingerprint density at radius 2 is 1.95 bits per heavy atom. The van der Waals surface area contributed by atoms with Crippen molar-refractivity contribution in [2.24, 2.45) is 0 Å². The van der Waals surface area contributed by atoms with Crippen molar-refractivity contribution in [1.29, 1.82) is 0 Å². The molecule has 112 valence electrons. The van der Waals surface area contributed by atoms with Gasteiger partial charge >= 0.3 is 0 Å². The maximum absolute atomic E-state index is 12.7. The first-order valence-electron chi connectivity index (χ1n) is 6.39. The average Bonchev–Trinajstić information content (AvgIpc) is 2.76. The molecule has 0 N–H and O–H groups in total. The van der Waals surface area contributed by atoms with Gasteiger partial charge in [0, 0.05) is 25.8 Å². The summed E-state index contributed by atoms with van der Waals surface area (Å²) >= 11 is 0. The molecule has 0 aromatic heterocycles. The number of methoxy groups -OCH3 is 2. The van der Waals surface area contributed by atoms with E-state index < -0.39 is 10.0 Å². The molecule has 2 rings (SSSR count). The highest BCUT2D eigenvalue weighted by Crippen LogP contribution is 2.30. The summed E-state index contributed by atoms with van der Waals surface area (Å²) in [4.78, 5) is 0.126. The van der Waals surface area contributed by atoms with Gasteiger partial charge in [0.2, 0.25) is 10.0 Å². The van der Waals surface area contributed by atoms with E-state index in [4.69, 9.17) is 14.2 Å². The van der Waals surface area contributed by atoms with Gasteiger partial charge in [-0.25, -0.2) is 8.42 Å². The Bertz CT molecular complexity index is 550. The van der Waals surface area contributed by atoms with E-state index >= 15 is 0 Å². The molecule has 7 heteroatoms. The largest absolute Gasteiger partial charge is 0.497 e. The van der Waals surface area contributed by atoms with Crippen LogP contribution in [-0.4, -0.2) is 53.2 Å². The number of hydrogen-bond donors (Lipinski definition) is 0. The third kappa shape index (κ3) is 3.05. The number of hydrogen-bond acceptors (Lipinski definition) is 5. The number of rotatable bonds is 4. The maximum atomic E-state index is 12.7. The molecule has 0 amide bonds.